The van der Waals surface area contributed by atoms with Crippen molar-refractivity contribution in [1.82, 2.24) is 15.0 Å². The molecular formula is C11H20N6O2. The highest BCUT2D eigenvalue weighted by Gasteiger charge is 2.16. The van der Waals surface area contributed by atoms with Crippen LogP contribution in [0.1, 0.15) is 19.3 Å². The molecule has 0 atom stereocenters. The second-order valence-electron chi connectivity index (χ2n) is 4.57. The lowest BCUT2D eigenvalue weighted by atomic mass is 10.1. The maximum absolute atomic E-state index is 9.04. The molecule has 0 radical (unpaired) electrons. The van der Waals surface area contributed by atoms with Crippen LogP contribution in [0.5, 0.6) is 0 Å². The van der Waals surface area contributed by atoms with Crippen molar-refractivity contribution >= 4 is 17.8 Å². The summed E-state index contributed by atoms with van der Waals surface area (Å²) in [6, 6.07) is -0.504. The summed E-state index contributed by atoms with van der Waals surface area (Å²) in [5, 5.41) is 20.9. The summed E-state index contributed by atoms with van der Waals surface area (Å²) in [6.45, 7) is 1.40. The summed E-state index contributed by atoms with van der Waals surface area (Å²) in [7, 11) is 0. The number of nitrogens with one attached hydrogen (secondary N) is 1. The zero-order valence-corrected chi connectivity index (χ0v) is 10.8. The van der Waals surface area contributed by atoms with Gasteiger partial charge in [-0.05, 0) is 19.3 Å². The second-order valence-corrected chi connectivity index (χ2v) is 4.57. The fourth-order valence-corrected chi connectivity index (χ4v) is 2.01. The van der Waals surface area contributed by atoms with Crippen LogP contribution in [0.3, 0.4) is 0 Å². The first-order valence-electron chi connectivity index (χ1n) is 6.47. The molecule has 2 heterocycles. The van der Waals surface area contributed by atoms with Crippen molar-refractivity contribution in [3.05, 3.63) is 0 Å². The first-order valence-corrected chi connectivity index (χ1v) is 6.47. The zero-order chi connectivity index (χ0) is 13.7. The molecule has 0 aromatic carbocycles. The zero-order valence-electron chi connectivity index (χ0n) is 10.8. The van der Waals surface area contributed by atoms with E-state index in [2.05, 4.69) is 25.2 Å². The van der Waals surface area contributed by atoms with E-state index in [1.807, 2.05) is 0 Å². The number of piperidine rings is 1. The number of nitrogens with zero attached hydrogens (tertiary/aromatic N) is 4. The van der Waals surface area contributed by atoms with Crippen LogP contribution < -0.4 is 16.0 Å². The Bertz CT molecular complexity index is 406. The Morgan fingerprint density at radius 3 is 2.42 bits per heavy atom. The minimum atomic E-state index is -0.504. The lowest BCUT2D eigenvalue weighted by Gasteiger charge is -2.27. The van der Waals surface area contributed by atoms with Gasteiger partial charge in [0.15, 0.2) is 0 Å². The van der Waals surface area contributed by atoms with Crippen LogP contribution in [0.25, 0.3) is 0 Å². The predicted molar refractivity (Wildman–Crippen MR) is 71.9 cm³/mol. The molecule has 8 heteroatoms. The Kier molecular flexibility index (Phi) is 4.69. The minimum Gasteiger partial charge on any atom is -0.394 e. The number of rotatable bonds is 5. The summed E-state index contributed by atoms with van der Waals surface area (Å²) in [5.41, 5.74) is 5.67. The maximum atomic E-state index is 9.04. The fraction of sp³-hybridized carbons (Fsp3) is 0.727. The van der Waals surface area contributed by atoms with Crippen LogP contribution in [0.15, 0.2) is 0 Å². The molecule has 0 spiro atoms. The summed E-state index contributed by atoms with van der Waals surface area (Å²) < 4.78 is 0. The monoisotopic (exact) mass is 268 g/mol. The Morgan fingerprint density at radius 1 is 1.11 bits per heavy atom. The lowest BCUT2D eigenvalue weighted by Crippen LogP contribution is -2.33. The van der Waals surface area contributed by atoms with Crippen molar-refractivity contribution in [3.8, 4) is 0 Å². The van der Waals surface area contributed by atoms with E-state index in [1.54, 1.807) is 0 Å². The Labute approximate surface area is 111 Å². The molecule has 8 nitrogen and oxygen atoms in total. The van der Waals surface area contributed by atoms with Crippen LogP contribution >= 0.6 is 0 Å². The van der Waals surface area contributed by atoms with Crippen molar-refractivity contribution in [2.45, 2.75) is 25.3 Å². The van der Waals surface area contributed by atoms with Crippen LogP contribution in [-0.4, -0.2) is 57.5 Å². The predicted octanol–water partition coefficient (Wildman–Crippen LogP) is -0.791. The highest BCUT2D eigenvalue weighted by molar-refractivity contribution is 5.42. The van der Waals surface area contributed by atoms with Crippen molar-refractivity contribution in [1.29, 1.82) is 0 Å². The number of anilines is 3. The quantitative estimate of drug-likeness (QED) is 0.548. The fourth-order valence-electron chi connectivity index (χ4n) is 2.01. The van der Waals surface area contributed by atoms with Crippen LogP contribution in [-0.2, 0) is 0 Å². The number of nitrogens with two attached hydrogens (primary N) is 1. The van der Waals surface area contributed by atoms with Gasteiger partial charge < -0.3 is 26.2 Å². The molecule has 1 aromatic heterocycles. The third-order valence-electron chi connectivity index (χ3n) is 3.05. The third kappa shape index (κ3) is 3.65. The smallest absolute Gasteiger partial charge is 0.231 e. The number of hydrogen-bond acceptors (Lipinski definition) is 8. The van der Waals surface area contributed by atoms with Gasteiger partial charge in [-0.1, -0.05) is 0 Å². The molecule has 0 unspecified atom stereocenters. The van der Waals surface area contributed by atoms with Crippen LogP contribution in [0.4, 0.5) is 17.8 Å². The summed E-state index contributed by atoms with van der Waals surface area (Å²) in [4.78, 5) is 14.4. The molecule has 5 N–H and O–H groups in total. The van der Waals surface area contributed by atoms with Gasteiger partial charge in [0.1, 0.15) is 0 Å². The van der Waals surface area contributed by atoms with E-state index in [1.165, 1.54) is 6.42 Å². The first-order chi connectivity index (χ1) is 9.22. The van der Waals surface area contributed by atoms with Gasteiger partial charge in [0, 0.05) is 13.1 Å². The number of aliphatic hydroxyl groups is 2. The third-order valence-corrected chi connectivity index (χ3v) is 3.05. The highest BCUT2D eigenvalue weighted by atomic mass is 16.3. The van der Waals surface area contributed by atoms with E-state index in [9.17, 15) is 0 Å². The van der Waals surface area contributed by atoms with E-state index in [-0.39, 0.29) is 25.1 Å². The molecule has 1 fully saturated rings. The van der Waals surface area contributed by atoms with Crippen molar-refractivity contribution in [3.63, 3.8) is 0 Å². The van der Waals surface area contributed by atoms with E-state index in [0.717, 1.165) is 25.9 Å². The number of aliphatic hydroxyl groups excluding tert-OH is 2. The minimum absolute atomic E-state index is 0.132. The maximum Gasteiger partial charge on any atom is 0.231 e. The average Bonchev–Trinajstić information content (AvgIpc) is 2.45. The molecule has 2 rings (SSSR count). The van der Waals surface area contributed by atoms with Gasteiger partial charge in [-0.25, -0.2) is 0 Å². The molecule has 0 aliphatic carbocycles. The molecule has 1 aromatic rings. The molecule has 19 heavy (non-hydrogen) atoms. The second kappa shape index (κ2) is 6.48. The number of aromatic nitrogens is 3. The van der Waals surface area contributed by atoms with Crippen LogP contribution in [0, 0.1) is 0 Å². The topological polar surface area (TPSA) is 120 Å². The molecule has 0 bridgehead atoms. The van der Waals surface area contributed by atoms with Gasteiger partial charge in [0.05, 0.1) is 19.3 Å². The van der Waals surface area contributed by atoms with E-state index in [4.69, 9.17) is 15.9 Å². The Hall–Kier alpha value is -1.67. The van der Waals surface area contributed by atoms with Gasteiger partial charge in [0.2, 0.25) is 17.8 Å². The standard InChI is InChI=1S/C11H20N6O2/c12-9-14-10(13-8(6-18)7-19)16-11(15-9)17-4-2-1-3-5-17/h8,18-19H,1-7H2,(H3,12,13,14,15,16). The Morgan fingerprint density at radius 2 is 1.79 bits per heavy atom. The van der Waals surface area contributed by atoms with Gasteiger partial charge in [-0.2, -0.15) is 15.0 Å². The molecule has 0 amide bonds. The Balaban J connectivity index is 2.13. The molecule has 106 valence electrons. The number of hydrogen-bond donors (Lipinski definition) is 4. The van der Waals surface area contributed by atoms with Gasteiger partial charge in [0.25, 0.3) is 0 Å². The lowest BCUT2D eigenvalue weighted by molar-refractivity contribution is 0.203. The highest BCUT2D eigenvalue weighted by Crippen LogP contribution is 2.17. The molecule has 1 aliphatic heterocycles. The largest absolute Gasteiger partial charge is 0.394 e. The van der Waals surface area contributed by atoms with E-state index in [0.29, 0.717) is 5.95 Å². The molecular weight excluding hydrogens is 248 g/mol. The van der Waals surface area contributed by atoms with Gasteiger partial charge >= 0.3 is 0 Å². The normalized spacial score (nSPS) is 15.8. The van der Waals surface area contributed by atoms with Crippen LogP contribution in [0.2, 0.25) is 0 Å². The molecule has 1 aliphatic rings. The van der Waals surface area contributed by atoms with E-state index >= 15 is 0 Å². The van der Waals surface area contributed by atoms with Crippen molar-refractivity contribution in [2.24, 2.45) is 0 Å². The number of nitrogen functional groups attached to an aromatic ring is 1. The average molecular weight is 268 g/mol. The van der Waals surface area contributed by atoms with Gasteiger partial charge in [-0.3, -0.25) is 0 Å². The first kappa shape index (κ1) is 13.8. The summed E-state index contributed by atoms with van der Waals surface area (Å²) in [5.74, 6) is 0.957. The molecule has 1 saturated heterocycles. The summed E-state index contributed by atoms with van der Waals surface area (Å²) in [6.07, 6.45) is 3.45. The SMILES string of the molecule is Nc1nc(NC(CO)CO)nc(N2CCCCC2)n1. The summed E-state index contributed by atoms with van der Waals surface area (Å²) >= 11 is 0. The van der Waals surface area contributed by atoms with Gasteiger partial charge in [-0.15, -0.1) is 0 Å². The van der Waals surface area contributed by atoms with E-state index < -0.39 is 6.04 Å². The van der Waals surface area contributed by atoms with Crippen molar-refractivity contribution < 1.29 is 10.2 Å². The van der Waals surface area contributed by atoms with Crippen molar-refractivity contribution in [2.75, 3.05) is 42.3 Å². The molecule has 0 saturated carbocycles.